The predicted octanol–water partition coefficient (Wildman–Crippen LogP) is 7.03. The first-order valence-electron chi connectivity index (χ1n) is 11.1. The number of carbonyl (C=O) groups excluding carboxylic acids is 1. The molecule has 1 aromatic carbocycles. The van der Waals surface area contributed by atoms with Crippen LogP contribution in [0.25, 0.3) is 0 Å². The first-order chi connectivity index (χ1) is 14.2. The van der Waals surface area contributed by atoms with Crippen LogP contribution in [-0.2, 0) is 11.2 Å². The fourth-order valence-corrected chi connectivity index (χ4v) is 3.40. The van der Waals surface area contributed by atoms with Crippen LogP contribution < -0.4 is 4.74 Å². The topological polar surface area (TPSA) is 39.2 Å². The number of rotatable bonds is 13. The second-order valence-electron chi connectivity index (χ2n) is 7.61. The summed E-state index contributed by atoms with van der Waals surface area (Å²) in [6.07, 6.45) is 15.9. The van der Waals surface area contributed by atoms with Crippen LogP contribution in [0.5, 0.6) is 5.88 Å². The van der Waals surface area contributed by atoms with Gasteiger partial charge in [0.05, 0.1) is 0 Å². The van der Waals surface area contributed by atoms with Crippen molar-refractivity contribution in [1.29, 1.82) is 0 Å². The Balaban J connectivity index is 1.88. The summed E-state index contributed by atoms with van der Waals surface area (Å²) in [5.74, 6) is 0.220. The van der Waals surface area contributed by atoms with Crippen molar-refractivity contribution in [3.05, 3.63) is 71.9 Å². The minimum absolute atomic E-state index is 0.230. The second-order valence-corrected chi connectivity index (χ2v) is 7.61. The van der Waals surface area contributed by atoms with Crippen LogP contribution >= 0.6 is 0 Å². The van der Waals surface area contributed by atoms with Crippen molar-refractivity contribution in [3.63, 3.8) is 0 Å². The van der Waals surface area contributed by atoms with Gasteiger partial charge in [-0.3, -0.25) is 0 Å². The molecule has 0 bridgehead atoms. The number of allylic oxidation sites excluding steroid dienone is 1. The second kappa shape index (κ2) is 13.7. The molecule has 0 amide bonds. The van der Waals surface area contributed by atoms with E-state index in [0.29, 0.717) is 5.88 Å². The number of aromatic nitrogens is 1. The number of ether oxygens (including phenoxy) is 1. The molecule has 1 aromatic heterocycles. The fourth-order valence-electron chi connectivity index (χ4n) is 3.40. The zero-order chi connectivity index (χ0) is 20.7. The Morgan fingerprint density at radius 3 is 2.41 bits per heavy atom. The third-order valence-corrected chi connectivity index (χ3v) is 5.13. The van der Waals surface area contributed by atoms with Crippen LogP contribution in [0.4, 0.5) is 0 Å². The summed E-state index contributed by atoms with van der Waals surface area (Å²) >= 11 is 0. The van der Waals surface area contributed by atoms with Gasteiger partial charge in [-0.1, -0.05) is 94.8 Å². The van der Waals surface area contributed by atoms with Gasteiger partial charge in [0.15, 0.2) is 0 Å². The molecule has 29 heavy (non-hydrogen) atoms. The molecule has 0 aliphatic carbocycles. The average molecular weight is 394 g/mol. The molecule has 1 heterocycles. The number of pyridine rings is 1. The zero-order valence-corrected chi connectivity index (χ0v) is 18.0. The number of aryl methyl sites for hydroxylation is 1. The van der Waals surface area contributed by atoms with E-state index in [-0.39, 0.29) is 11.9 Å². The molecule has 0 N–H and O–H groups in total. The van der Waals surface area contributed by atoms with Crippen LogP contribution in [-0.4, -0.2) is 11.0 Å². The number of hydrogen-bond acceptors (Lipinski definition) is 3. The van der Waals surface area contributed by atoms with Crippen LogP contribution in [0.3, 0.4) is 0 Å². The molecule has 3 heteroatoms. The fraction of sp³-hybridized carbons (Fsp3) is 0.462. The van der Waals surface area contributed by atoms with Gasteiger partial charge in [-0.15, -0.1) is 0 Å². The highest BCUT2D eigenvalue weighted by Crippen LogP contribution is 2.24. The quantitative estimate of drug-likeness (QED) is 0.208. The Morgan fingerprint density at radius 1 is 0.966 bits per heavy atom. The third kappa shape index (κ3) is 9.08. The van der Waals surface area contributed by atoms with Crippen molar-refractivity contribution in [3.8, 4) is 5.88 Å². The number of esters is 1. The molecule has 0 aliphatic rings. The number of unbranched alkanes of at least 4 members (excludes halogenated alkanes) is 5. The van der Waals surface area contributed by atoms with Crippen molar-refractivity contribution in [2.45, 2.75) is 77.6 Å². The smallest absolute Gasteiger partial charge is 0.337 e. The summed E-state index contributed by atoms with van der Waals surface area (Å²) in [6, 6.07) is 14.1. The van der Waals surface area contributed by atoms with E-state index in [2.05, 4.69) is 31.0 Å². The SMILES string of the molecule is CCCCCCc1ccc(OC(=O)C=CC(CCCCC)c2ccccc2)nc1. The Kier molecular flexibility index (Phi) is 10.8. The van der Waals surface area contributed by atoms with Gasteiger partial charge in [0.2, 0.25) is 5.88 Å². The standard InChI is InChI=1S/C26H35NO2/c1-3-5-7-10-13-22-17-19-25(27-21-22)29-26(28)20-18-24(14-9-6-4-2)23-15-11-8-12-16-23/h8,11-12,15-21,24H,3-7,9-10,13-14H2,1-2H3. The van der Waals surface area contributed by atoms with Crippen molar-refractivity contribution in [2.75, 3.05) is 0 Å². The molecule has 156 valence electrons. The van der Waals surface area contributed by atoms with Gasteiger partial charge in [-0.25, -0.2) is 9.78 Å². The average Bonchev–Trinajstić information content (AvgIpc) is 2.75. The largest absolute Gasteiger partial charge is 0.404 e. The summed E-state index contributed by atoms with van der Waals surface area (Å²) in [5.41, 5.74) is 2.43. The van der Waals surface area contributed by atoms with Crippen LogP contribution in [0.1, 0.15) is 82.3 Å². The molecule has 1 atom stereocenters. The van der Waals surface area contributed by atoms with E-state index >= 15 is 0 Å². The van der Waals surface area contributed by atoms with E-state index in [4.69, 9.17) is 4.74 Å². The minimum Gasteiger partial charge on any atom is -0.404 e. The summed E-state index contributed by atoms with van der Waals surface area (Å²) in [4.78, 5) is 16.5. The highest BCUT2D eigenvalue weighted by molar-refractivity contribution is 5.83. The molecular weight excluding hydrogens is 358 g/mol. The maximum atomic E-state index is 12.3. The highest BCUT2D eigenvalue weighted by atomic mass is 16.5. The molecule has 2 rings (SSSR count). The summed E-state index contributed by atoms with van der Waals surface area (Å²) in [5, 5.41) is 0. The lowest BCUT2D eigenvalue weighted by atomic mass is 9.93. The Hall–Kier alpha value is -2.42. The predicted molar refractivity (Wildman–Crippen MR) is 120 cm³/mol. The van der Waals surface area contributed by atoms with Gasteiger partial charge < -0.3 is 4.74 Å². The zero-order valence-electron chi connectivity index (χ0n) is 18.0. The van der Waals surface area contributed by atoms with Gasteiger partial charge in [0.25, 0.3) is 0 Å². The van der Waals surface area contributed by atoms with Crippen LogP contribution in [0.15, 0.2) is 60.8 Å². The molecule has 2 aromatic rings. The number of carbonyl (C=O) groups is 1. The molecule has 0 saturated heterocycles. The lowest BCUT2D eigenvalue weighted by Gasteiger charge is -2.13. The first kappa shape index (κ1) is 22.9. The van der Waals surface area contributed by atoms with Crippen molar-refractivity contribution in [2.24, 2.45) is 0 Å². The number of hydrogen-bond donors (Lipinski definition) is 0. The maximum absolute atomic E-state index is 12.3. The van der Waals surface area contributed by atoms with Crippen LogP contribution in [0, 0.1) is 0 Å². The molecule has 1 unspecified atom stereocenters. The van der Waals surface area contributed by atoms with Gasteiger partial charge in [-0.05, 0) is 30.4 Å². The normalized spacial score (nSPS) is 12.2. The van der Waals surface area contributed by atoms with Gasteiger partial charge in [-0.2, -0.15) is 0 Å². The van der Waals surface area contributed by atoms with E-state index in [9.17, 15) is 4.79 Å². The monoisotopic (exact) mass is 393 g/mol. The summed E-state index contributed by atoms with van der Waals surface area (Å²) < 4.78 is 5.39. The number of nitrogens with zero attached hydrogens (tertiary/aromatic N) is 1. The first-order valence-corrected chi connectivity index (χ1v) is 11.1. The van der Waals surface area contributed by atoms with E-state index < -0.39 is 0 Å². The molecule has 0 aliphatic heterocycles. The summed E-state index contributed by atoms with van der Waals surface area (Å²) in [7, 11) is 0. The van der Waals surface area contributed by atoms with Crippen LogP contribution in [0.2, 0.25) is 0 Å². The minimum atomic E-state index is -0.371. The van der Waals surface area contributed by atoms with Gasteiger partial charge >= 0.3 is 5.97 Å². The highest BCUT2D eigenvalue weighted by Gasteiger charge is 2.09. The molecule has 3 nitrogen and oxygen atoms in total. The third-order valence-electron chi connectivity index (χ3n) is 5.13. The maximum Gasteiger partial charge on any atom is 0.337 e. The lowest BCUT2D eigenvalue weighted by molar-refractivity contribution is -0.129. The molecule has 0 spiro atoms. The molecule has 0 radical (unpaired) electrons. The van der Waals surface area contributed by atoms with Gasteiger partial charge in [0, 0.05) is 24.3 Å². The lowest BCUT2D eigenvalue weighted by Crippen LogP contribution is -2.06. The van der Waals surface area contributed by atoms with E-state index in [1.54, 1.807) is 12.1 Å². The van der Waals surface area contributed by atoms with Gasteiger partial charge in [0.1, 0.15) is 0 Å². The Morgan fingerprint density at radius 2 is 1.72 bits per heavy atom. The van der Waals surface area contributed by atoms with E-state index in [0.717, 1.165) is 19.3 Å². The van der Waals surface area contributed by atoms with Crippen molar-refractivity contribution in [1.82, 2.24) is 4.98 Å². The van der Waals surface area contributed by atoms with E-state index in [1.165, 1.54) is 49.7 Å². The number of benzene rings is 1. The molecule has 0 saturated carbocycles. The molecule has 0 fully saturated rings. The Labute approximate surface area is 176 Å². The van der Waals surface area contributed by atoms with Crippen molar-refractivity contribution >= 4 is 5.97 Å². The Bertz CT molecular complexity index is 722. The van der Waals surface area contributed by atoms with Crippen molar-refractivity contribution < 1.29 is 9.53 Å². The summed E-state index contributed by atoms with van der Waals surface area (Å²) in [6.45, 7) is 4.42. The molecular formula is C26H35NO2. The van der Waals surface area contributed by atoms with E-state index in [1.807, 2.05) is 36.5 Å².